The number of nitrogens with zero attached hydrogens (tertiary/aromatic N) is 2. The predicted molar refractivity (Wildman–Crippen MR) is 92.2 cm³/mol. The number of carbonyl (C=O) groups excluding carboxylic acids is 1. The summed E-state index contributed by atoms with van der Waals surface area (Å²) < 4.78 is 58.2. The molecule has 29 heavy (non-hydrogen) atoms. The van der Waals surface area contributed by atoms with E-state index in [4.69, 9.17) is 9.94 Å². The topological polar surface area (TPSA) is 75.3 Å². The fourth-order valence-corrected chi connectivity index (χ4v) is 2.44. The Balaban J connectivity index is 1.98. The Morgan fingerprint density at radius 3 is 2.52 bits per heavy atom. The molecule has 6 nitrogen and oxygen atoms in total. The van der Waals surface area contributed by atoms with Gasteiger partial charge in [-0.1, -0.05) is 0 Å². The summed E-state index contributed by atoms with van der Waals surface area (Å²) in [5.41, 5.74) is -0.647. The number of amides is 1. The fraction of sp³-hybridized carbons (Fsp3) is 0.105. The molecule has 2 N–H and O–H groups in total. The van der Waals surface area contributed by atoms with Gasteiger partial charge in [0.1, 0.15) is 28.4 Å². The number of ether oxygens (including phenoxy) is 1. The highest BCUT2D eigenvalue weighted by atomic mass is 19.4. The van der Waals surface area contributed by atoms with E-state index in [9.17, 15) is 22.4 Å². The largest absolute Gasteiger partial charge is 0.456 e. The molecule has 0 aliphatic carbocycles. The summed E-state index contributed by atoms with van der Waals surface area (Å²) in [5.74, 6) is -1.55. The normalized spacial score (nSPS) is 11.2. The number of hydrogen-bond acceptors (Lipinski definition) is 4. The van der Waals surface area contributed by atoms with Crippen LogP contribution in [0.5, 0.6) is 11.5 Å². The molecule has 1 heterocycles. The van der Waals surface area contributed by atoms with Gasteiger partial charge in [0, 0.05) is 11.2 Å². The van der Waals surface area contributed by atoms with Gasteiger partial charge < -0.3 is 10.1 Å². The lowest BCUT2D eigenvalue weighted by atomic mass is 10.1. The van der Waals surface area contributed by atoms with Crippen LogP contribution >= 0.6 is 0 Å². The fourth-order valence-electron chi connectivity index (χ4n) is 2.44. The smallest absolute Gasteiger partial charge is 0.416 e. The standard InChI is InChI=1S/C19H13F4N3O3/c1-11-8-13(20)3-5-16(11)29-17-9-12(19(21,22)23)2-4-15(17)18(27)25-14-6-7-26(28)24-10-14/h2-10,28H,1H3/p+1. The van der Waals surface area contributed by atoms with Crippen LogP contribution in [0.3, 0.4) is 0 Å². The van der Waals surface area contributed by atoms with Crippen LogP contribution in [0.4, 0.5) is 23.2 Å². The van der Waals surface area contributed by atoms with Crippen molar-refractivity contribution in [2.24, 2.45) is 0 Å². The van der Waals surface area contributed by atoms with Gasteiger partial charge in [0.15, 0.2) is 0 Å². The zero-order chi connectivity index (χ0) is 21.2. The Morgan fingerprint density at radius 2 is 1.90 bits per heavy atom. The second-order valence-electron chi connectivity index (χ2n) is 6.01. The number of nitrogens with one attached hydrogen (secondary N) is 1. The van der Waals surface area contributed by atoms with E-state index in [1.165, 1.54) is 19.1 Å². The van der Waals surface area contributed by atoms with Crippen LogP contribution in [-0.4, -0.2) is 16.2 Å². The molecule has 0 radical (unpaired) electrons. The van der Waals surface area contributed by atoms with E-state index in [1.807, 2.05) is 0 Å². The van der Waals surface area contributed by atoms with Crippen molar-refractivity contribution in [3.05, 3.63) is 77.4 Å². The molecule has 0 saturated heterocycles. The summed E-state index contributed by atoms with van der Waals surface area (Å²) in [7, 11) is 0. The van der Waals surface area contributed by atoms with E-state index in [0.717, 1.165) is 36.7 Å². The van der Waals surface area contributed by atoms with Crippen molar-refractivity contribution < 1.29 is 37.1 Å². The monoisotopic (exact) mass is 408 g/mol. The van der Waals surface area contributed by atoms with Gasteiger partial charge in [-0.05, 0) is 48.9 Å². The van der Waals surface area contributed by atoms with Crippen LogP contribution < -0.4 is 14.9 Å². The third kappa shape index (κ3) is 4.78. The van der Waals surface area contributed by atoms with Gasteiger partial charge in [-0.2, -0.15) is 13.2 Å². The minimum atomic E-state index is -4.65. The minimum absolute atomic E-state index is 0.0995. The lowest BCUT2D eigenvalue weighted by Gasteiger charge is -2.15. The van der Waals surface area contributed by atoms with Gasteiger partial charge in [-0.15, -0.1) is 0 Å². The molecule has 150 valence electrons. The molecule has 1 amide bonds. The number of hydrogen-bond donors (Lipinski definition) is 2. The molecule has 10 heteroatoms. The van der Waals surface area contributed by atoms with E-state index >= 15 is 0 Å². The number of halogens is 4. The van der Waals surface area contributed by atoms with Gasteiger partial charge in [-0.3, -0.25) is 10.0 Å². The second-order valence-corrected chi connectivity index (χ2v) is 6.01. The molecule has 0 unspecified atom stereocenters. The van der Waals surface area contributed by atoms with Crippen molar-refractivity contribution in [1.29, 1.82) is 0 Å². The molecule has 3 aromatic rings. The highest BCUT2D eigenvalue weighted by Crippen LogP contribution is 2.36. The van der Waals surface area contributed by atoms with Gasteiger partial charge in [0.05, 0.1) is 16.8 Å². The molecule has 0 bridgehead atoms. The third-order valence-corrected chi connectivity index (χ3v) is 3.87. The first kappa shape index (κ1) is 20.1. The molecule has 1 aromatic heterocycles. The average Bonchev–Trinajstić information content (AvgIpc) is 2.65. The van der Waals surface area contributed by atoms with Crippen LogP contribution in [-0.2, 0) is 6.18 Å². The lowest BCUT2D eigenvalue weighted by molar-refractivity contribution is -0.948. The number of aromatic nitrogens is 2. The maximum absolute atomic E-state index is 13.3. The Bertz CT molecular complexity index is 1050. The molecule has 0 spiro atoms. The van der Waals surface area contributed by atoms with Crippen molar-refractivity contribution in [2.45, 2.75) is 13.1 Å². The van der Waals surface area contributed by atoms with Gasteiger partial charge in [-0.25, -0.2) is 4.39 Å². The first-order valence-corrected chi connectivity index (χ1v) is 8.17. The summed E-state index contributed by atoms with van der Waals surface area (Å²) in [6, 6.07) is 7.27. The molecule has 3 rings (SSSR count). The Morgan fingerprint density at radius 1 is 1.14 bits per heavy atom. The van der Waals surface area contributed by atoms with Crippen LogP contribution in [0.2, 0.25) is 0 Å². The molecular formula is C19H14F4N3O3+. The van der Waals surface area contributed by atoms with Gasteiger partial charge in [0.25, 0.3) is 12.1 Å². The van der Waals surface area contributed by atoms with Crippen LogP contribution in [0.15, 0.2) is 54.9 Å². The summed E-state index contributed by atoms with van der Waals surface area (Å²) >= 11 is 0. The summed E-state index contributed by atoms with van der Waals surface area (Å²) in [4.78, 5) is 13.1. The molecule has 0 aliphatic heterocycles. The number of rotatable bonds is 4. The highest BCUT2D eigenvalue weighted by molar-refractivity contribution is 6.06. The average molecular weight is 408 g/mol. The van der Waals surface area contributed by atoms with E-state index in [0.29, 0.717) is 16.5 Å². The number of alkyl halides is 3. The maximum Gasteiger partial charge on any atom is 0.416 e. The Labute approximate surface area is 161 Å². The zero-order valence-electron chi connectivity index (χ0n) is 14.9. The maximum atomic E-state index is 13.3. The summed E-state index contributed by atoms with van der Waals surface area (Å²) in [5, 5.41) is 15.1. The second kappa shape index (κ2) is 7.74. The molecular weight excluding hydrogens is 394 g/mol. The highest BCUT2D eigenvalue weighted by Gasteiger charge is 2.32. The molecule has 2 aromatic carbocycles. The van der Waals surface area contributed by atoms with Crippen molar-refractivity contribution in [3.8, 4) is 11.5 Å². The third-order valence-electron chi connectivity index (χ3n) is 3.87. The Kier molecular flexibility index (Phi) is 5.35. The SMILES string of the molecule is Cc1cc(F)ccc1Oc1cc(C(F)(F)F)ccc1C(=O)Nc1cc[n+](O)nc1. The van der Waals surface area contributed by atoms with Gasteiger partial charge in [0.2, 0.25) is 0 Å². The Hall–Kier alpha value is -3.69. The molecule has 0 fully saturated rings. The zero-order valence-corrected chi connectivity index (χ0v) is 14.9. The van der Waals surface area contributed by atoms with E-state index in [2.05, 4.69) is 10.4 Å². The van der Waals surface area contributed by atoms with Crippen LogP contribution in [0.25, 0.3) is 0 Å². The lowest BCUT2D eigenvalue weighted by Crippen LogP contribution is -2.33. The molecule has 0 atom stereocenters. The van der Waals surface area contributed by atoms with Crippen molar-refractivity contribution in [2.75, 3.05) is 5.32 Å². The van der Waals surface area contributed by atoms with Crippen LogP contribution in [0.1, 0.15) is 21.5 Å². The quantitative estimate of drug-likeness (QED) is 0.387. The summed E-state index contributed by atoms with van der Waals surface area (Å²) in [6.45, 7) is 1.52. The molecule has 0 aliphatic rings. The number of carbonyl (C=O) groups is 1. The predicted octanol–water partition coefficient (Wildman–Crippen LogP) is 4.12. The van der Waals surface area contributed by atoms with Gasteiger partial charge >= 0.3 is 6.18 Å². The first-order valence-electron chi connectivity index (χ1n) is 8.17. The van der Waals surface area contributed by atoms with E-state index in [1.54, 1.807) is 0 Å². The number of aryl methyl sites for hydroxylation is 1. The van der Waals surface area contributed by atoms with E-state index < -0.39 is 23.5 Å². The van der Waals surface area contributed by atoms with Crippen LogP contribution in [0, 0.1) is 12.7 Å². The van der Waals surface area contributed by atoms with E-state index in [-0.39, 0.29) is 22.7 Å². The summed E-state index contributed by atoms with van der Waals surface area (Å²) in [6.07, 6.45) is -2.35. The first-order chi connectivity index (χ1) is 13.6. The number of benzene rings is 2. The minimum Gasteiger partial charge on any atom is -0.456 e. The van der Waals surface area contributed by atoms with Crippen molar-refractivity contribution >= 4 is 11.6 Å². The molecule has 0 saturated carbocycles. The van der Waals surface area contributed by atoms with Crippen molar-refractivity contribution in [3.63, 3.8) is 0 Å². The number of anilines is 1. The van der Waals surface area contributed by atoms with Crippen molar-refractivity contribution in [1.82, 2.24) is 5.10 Å².